The molecule has 0 aliphatic carbocycles. The van der Waals surface area contributed by atoms with Crippen molar-refractivity contribution in [3.05, 3.63) is 54.7 Å². The Labute approximate surface area is 134 Å². The van der Waals surface area contributed by atoms with Gasteiger partial charge < -0.3 is 14.9 Å². The van der Waals surface area contributed by atoms with Crippen LogP contribution in [0.2, 0.25) is 0 Å². The summed E-state index contributed by atoms with van der Waals surface area (Å²) in [6.07, 6.45) is 1.83. The van der Waals surface area contributed by atoms with E-state index in [-0.39, 0.29) is 5.75 Å². The van der Waals surface area contributed by atoms with Gasteiger partial charge in [0, 0.05) is 37.8 Å². The highest BCUT2D eigenvalue weighted by Crippen LogP contribution is 2.26. The summed E-state index contributed by atoms with van der Waals surface area (Å²) in [6, 6.07) is 15.5. The summed E-state index contributed by atoms with van der Waals surface area (Å²) < 4.78 is 0. The third-order valence-corrected chi connectivity index (χ3v) is 4.26. The van der Waals surface area contributed by atoms with E-state index in [2.05, 4.69) is 19.8 Å². The second kappa shape index (κ2) is 5.76. The van der Waals surface area contributed by atoms with Gasteiger partial charge in [0.25, 0.3) is 0 Å². The van der Waals surface area contributed by atoms with E-state index in [0.717, 1.165) is 43.2 Å². The Morgan fingerprint density at radius 2 is 1.57 bits per heavy atom. The molecule has 5 heteroatoms. The Morgan fingerprint density at radius 3 is 2.30 bits per heavy atom. The van der Waals surface area contributed by atoms with Crippen molar-refractivity contribution >= 4 is 22.5 Å². The summed E-state index contributed by atoms with van der Waals surface area (Å²) >= 11 is 0. The topological polar surface area (TPSA) is 52.5 Å². The minimum Gasteiger partial charge on any atom is -0.506 e. The fourth-order valence-electron chi connectivity index (χ4n) is 3.00. The van der Waals surface area contributed by atoms with Crippen molar-refractivity contribution in [3.8, 4) is 5.75 Å². The minimum atomic E-state index is 0.233. The molecule has 1 aliphatic rings. The highest BCUT2D eigenvalue weighted by Gasteiger charge is 2.19. The molecule has 0 spiro atoms. The van der Waals surface area contributed by atoms with Gasteiger partial charge >= 0.3 is 0 Å². The van der Waals surface area contributed by atoms with Gasteiger partial charge in [-0.3, -0.25) is 0 Å². The first-order valence-electron chi connectivity index (χ1n) is 7.81. The zero-order valence-electron chi connectivity index (χ0n) is 12.8. The molecule has 3 heterocycles. The van der Waals surface area contributed by atoms with Gasteiger partial charge in [-0.05, 0) is 30.3 Å². The Balaban J connectivity index is 1.53. The molecule has 0 saturated carbocycles. The molecule has 1 aromatic carbocycles. The molecule has 1 N–H and O–H groups in total. The summed E-state index contributed by atoms with van der Waals surface area (Å²) in [4.78, 5) is 13.6. The van der Waals surface area contributed by atoms with Crippen LogP contribution in [-0.2, 0) is 0 Å². The number of para-hydroxylation sites is 1. The normalized spacial score (nSPS) is 15.1. The van der Waals surface area contributed by atoms with Gasteiger partial charge in [0.2, 0.25) is 0 Å². The molecule has 0 bridgehead atoms. The minimum absolute atomic E-state index is 0.233. The number of anilines is 2. The smallest absolute Gasteiger partial charge is 0.141 e. The number of nitrogens with zero attached hydrogens (tertiary/aromatic N) is 4. The molecular formula is C18H18N4O. The van der Waals surface area contributed by atoms with E-state index >= 15 is 0 Å². The van der Waals surface area contributed by atoms with E-state index in [0.29, 0.717) is 5.52 Å². The van der Waals surface area contributed by atoms with Crippen molar-refractivity contribution < 1.29 is 5.11 Å². The molecule has 0 radical (unpaired) electrons. The molecule has 4 rings (SSSR count). The van der Waals surface area contributed by atoms with Crippen LogP contribution in [0.25, 0.3) is 10.9 Å². The maximum Gasteiger partial charge on any atom is 0.141 e. The van der Waals surface area contributed by atoms with E-state index in [4.69, 9.17) is 0 Å². The lowest BCUT2D eigenvalue weighted by Gasteiger charge is -2.36. The molecule has 0 unspecified atom stereocenters. The molecule has 0 amide bonds. The molecule has 1 aliphatic heterocycles. The number of phenolic OH excluding ortho intramolecular Hbond substituents is 1. The molecule has 1 saturated heterocycles. The monoisotopic (exact) mass is 306 g/mol. The Bertz CT molecular complexity index is 814. The quantitative estimate of drug-likeness (QED) is 0.789. The largest absolute Gasteiger partial charge is 0.506 e. The highest BCUT2D eigenvalue weighted by atomic mass is 16.3. The van der Waals surface area contributed by atoms with Gasteiger partial charge in [0.15, 0.2) is 0 Å². The molecular weight excluding hydrogens is 288 g/mol. The lowest BCUT2D eigenvalue weighted by molar-refractivity contribution is 0.480. The number of pyridine rings is 2. The Morgan fingerprint density at radius 1 is 0.783 bits per heavy atom. The average Bonchev–Trinajstić information content (AvgIpc) is 2.63. The summed E-state index contributed by atoms with van der Waals surface area (Å²) in [5.74, 6) is 2.17. The lowest BCUT2D eigenvalue weighted by atomic mass is 10.2. The third kappa shape index (κ3) is 2.65. The second-order valence-corrected chi connectivity index (χ2v) is 5.68. The zero-order chi connectivity index (χ0) is 15.6. The fraction of sp³-hybridized carbons (Fsp3) is 0.222. The van der Waals surface area contributed by atoms with Gasteiger partial charge in [-0.25, -0.2) is 9.97 Å². The van der Waals surface area contributed by atoms with Crippen molar-refractivity contribution in [3.63, 3.8) is 0 Å². The molecule has 5 nitrogen and oxygen atoms in total. The summed E-state index contributed by atoms with van der Waals surface area (Å²) in [5, 5.41) is 10.9. The van der Waals surface area contributed by atoms with Gasteiger partial charge in [-0.1, -0.05) is 18.2 Å². The predicted octanol–water partition coefficient (Wildman–Crippen LogP) is 2.66. The van der Waals surface area contributed by atoms with Crippen LogP contribution in [0.1, 0.15) is 0 Å². The van der Waals surface area contributed by atoms with Gasteiger partial charge in [-0.15, -0.1) is 0 Å². The fourth-order valence-corrected chi connectivity index (χ4v) is 3.00. The van der Waals surface area contributed by atoms with E-state index in [1.165, 1.54) is 0 Å². The highest BCUT2D eigenvalue weighted by molar-refractivity contribution is 5.85. The Hall–Kier alpha value is -2.82. The molecule has 1 fully saturated rings. The zero-order valence-corrected chi connectivity index (χ0v) is 12.8. The first-order valence-corrected chi connectivity index (χ1v) is 7.81. The number of fused-ring (bicyclic) bond motifs is 1. The van der Waals surface area contributed by atoms with Crippen molar-refractivity contribution in [1.29, 1.82) is 0 Å². The van der Waals surface area contributed by atoms with Gasteiger partial charge in [0.05, 0.1) is 0 Å². The van der Waals surface area contributed by atoms with E-state index < -0.39 is 0 Å². The number of aromatic hydroxyl groups is 1. The van der Waals surface area contributed by atoms with Crippen LogP contribution in [-0.4, -0.2) is 41.3 Å². The van der Waals surface area contributed by atoms with E-state index in [9.17, 15) is 5.11 Å². The molecule has 116 valence electrons. The second-order valence-electron chi connectivity index (χ2n) is 5.68. The Kier molecular flexibility index (Phi) is 3.46. The number of hydrogen-bond donors (Lipinski definition) is 1. The van der Waals surface area contributed by atoms with Crippen LogP contribution >= 0.6 is 0 Å². The third-order valence-electron chi connectivity index (χ3n) is 4.26. The van der Waals surface area contributed by atoms with Crippen LogP contribution in [0, 0.1) is 0 Å². The predicted molar refractivity (Wildman–Crippen MR) is 92.1 cm³/mol. The molecule has 23 heavy (non-hydrogen) atoms. The van der Waals surface area contributed by atoms with Gasteiger partial charge in [0.1, 0.15) is 22.9 Å². The number of hydrogen-bond acceptors (Lipinski definition) is 5. The molecule has 0 atom stereocenters. The number of benzene rings is 1. The van der Waals surface area contributed by atoms with Crippen molar-refractivity contribution in [2.24, 2.45) is 0 Å². The van der Waals surface area contributed by atoms with Crippen molar-refractivity contribution in [1.82, 2.24) is 9.97 Å². The maximum atomic E-state index is 9.99. The number of phenols is 1. The van der Waals surface area contributed by atoms with E-state index in [1.54, 1.807) is 6.07 Å². The molecule has 2 aromatic heterocycles. The van der Waals surface area contributed by atoms with Gasteiger partial charge in [-0.2, -0.15) is 0 Å². The van der Waals surface area contributed by atoms with E-state index in [1.807, 2.05) is 48.7 Å². The van der Waals surface area contributed by atoms with Crippen LogP contribution in [0.4, 0.5) is 11.6 Å². The lowest BCUT2D eigenvalue weighted by Crippen LogP contribution is -2.47. The van der Waals surface area contributed by atoms with Crippen LogP contribution < -0.4 is 9.80 Å². The summed E-state index contributed by atoms with van der Waals surface area (Å²) in [6.45, 7) is 3.61. The number of piperazine rings is 1. The number of rotatable bonds is 2. The SMILES string of the molecule is Oc1cccc2ccc(N3CCN(c4ccccn4)CC3)nc12. The summed E-state index contributed by atoms with van der Waals surface area (Å²) in [7, 11) is 0. The molecule has 3 aromatic rings. The standard InChI is InChI=1S/C18H18N4O/c23-15-5-3-4-14-7-8-17(20-18(14)15)22-12-10-21(11-13-22)16-6-1-2-9-19-16/h1-9,23H,10-13H2. The van der Waals surface area contributed by atoms with Crippen LogP contribution in [0.3, 0.4) is 0 Å². The summed E-state index contributed by atoms with van der Waals surface area (Å²) in [5.41, 5.74) is 0.664. The first kappa shape index (κ1) is 13.8. The maximum absolute atomic E-state index is 9.99. The number of aromatic nitrogens is 2. The average molecular weight is 306 g/mol. The van der Waals surface area contributed by atoms with Crippen molar-refractivity contribution in [2.45, 2.75) is 0 Å². The van der Waals surface area contributed by atoms with Crippen molar-refractivity contribution in [2.75, 3.05) is 36.0 Å². The first-order chi connectivity index (χ1) is 11.3. The van der Waals surface area contributed by atoms with Crippen LogP contribution in [0.15, 0.2) is 54.7 Å². The van der Waals surface area contributed by atoms with Crippen LogP contribution in [0.5, 0.6) is 5.75 Å².